The molecule has 0 saturated heterocycles. The van der Waals surface area contributed by atoms with Gasteiger partial charge in [0.25, 0.3) is 11.6 Å². The molecule has 3 N–H and O–H groups in total. The number of carbonyl (C=O) groups is 2. The second-order valence-electron chi connectivity index (χ2n) is 3.76. The molecule has 0 aliphatic rings. The van der Waals surface area contributed by atoms with Crippen LogP contribution in [0.3, 0.4) is 0 Å². The number of hydrogen-bond donors (Lipinski definition) is 2. The predicted octanol–water partition coefficient (Wildman–Crippen LogP) is 0.755. The van der Waals surface area contributed by atoms with Gasteiger partial charge >= 0.3 is 0 Å². The number of benzene rings is 1. The molecule has 1 rings (SSSR count). The number of primary amides is 1. The maximum absolute atomic E-state index is 11.8. The van der Waals surface area contributed by atoms with Gasteiger partial charge in [-0.15, -0.1) is 6.58 Å². The summed E-state index contributed by atoms with van der Waals surface area (Å²) in [6.45, 7) is 3.45. The number of nitrogens with one attached hydrogen (secondary N) is 1. The van der Waals surface area contributed by atoms with Crippen LogP contribution in [0.5, 0.6) is 0 Å². The number of nitrogens with two attached hydrogens (primary N) is 1. The number of carbonyl (C=O) groups excluding carboxylic acids is 2. The quantitative estimate of drug-likeness (QED) is 0.447. The third-order valence-corrected chi connectivity index (χ3v) is 2.37. The van der Waals surface area contributed by atoms with Crippen LogP contribution in [0.2, 0.25) is 0 Å². The van der Waals surface area contributed by atoms with Crippen molar-refractivity contribution >= 4 is 17.5 Å². The Balaban J connectivity index is 2.88. The molecule has 0 aliphatic carbocycles. The molecule has 2 amide bonds. The van der Waals surface area contributed by atoms with Crippen molar-refractivity contribution in [3.63, 3.8) is 0 Å². The average molecular weight is 263 g/mol. The van der Waals surface area contributed by atoms with Crippen molar-refractivity contribution in [2.75, 3.05) is 0 Å². The molecule has 0 saturated carbocycles. The van der Waals surface area contributed by atoms with Crippen molar-refractivity contribution in [2.45, 2.75) is 12.5 Å². The first-order valence-electron chi connectivity index (χ1n) is 5.41. The maximum atomic E-state index is 11.8. The minimum absolute atomic E-state index is 0.0875. The monoisotopic (exact) mass is 263 g/mol. The molecule has 0 unspecified atom stereocenters. The van der Waals surface area contributed by atoms with Gasteiger partial charge in [-0.1, -0.05) is 12.1 Å². The van der Waals surface area contributed by atoms with Gasteiger partial charge in [-0.2, -0.15) is 0 Å². The molecule has 7 nitrogen and oxygen atoms in total. The van der Waals surface area contributed by atoms with Crippen LogP contribution in [0, 0.1) is 10.1 Å². The van der Waals surface area contributed by atoms with Gasteiger partial charge in [0.2, 0.25) is 5.91 Å². The fourth-order valence-corrected chi connectivity index (χ4v) is 1.42. The number of hydrogen-bond acceptors (Lipinski definition) is 4. The molecule has 0 fully saturated rings. The summed E-state index contributed by atoms with van der Waals surface area (Å²) in [6, 6.07) is 4.31. The van der Waals surface area contributed by atoms with Crippen molar-refractivity contribution in [1.29, 1.82) is 0 Å². The summed E-state index contributed by atoms with van der Waals surface area (Å²) >= 11 is 0. The van der Waals surface area contributed by atoms with E-state index in [0.29, 0.717) is 0 Å². The number of amides is 2. The standard InChI is InChI=1S/C12H13N3O4/c1-2-4-10(11(13)16)14-12(17)8-5-3-6-9(7-8)15(18)19/h2-3,5-7,10H,1,4H2,(H2,13,16)(H,14,17)/t10-/m0/s1. The molecule has 0 spiro atoms. The lowest BCUT2D eigenvalue weighted by molar-refractivity contribution is -0.384. The van der Waals surface area contributed by atoms with Gasteiger partial charge in [0.1, 0.15) is 6.04 Å². The fourth-order valence-electron chi connectivity index (χ4n) is 1.42. The van der Waals surface area contributed by atoms with E-state index in [1.165, 1.54) is 24.3 Å². The number of nitrogens with zero attached hydrogens (tertiary/aromatic N) is 1. The van der Waals surface area contributed by atoms with E-state index >= 15 is 0 Å². The Hall–Kier alpha value is -2.70. The van der Waals surface area contributed by atoms with E-state index in [9.17, 15) is 19.7 Å². The van der Waals surface area contributed by atoms with E-state index in [4.69, 9.17) is 5.73 Å². The van der Waals surface area contributed by atoms with E-state index in [1.54, 1.807) is 0 Å². The first-order chi connectivity index (χ1) is 8.95. The Morgan fingerprint density at radius 1 is 1.53 bits per heavy atom. The first kappa shape index (κ1) is 14.4. The minimum Gasteiger partial charge on any atom is -0.368 e. The van der Waals surface area contributed by atoms with Gasteiger partial charge in [0, 0.05) is 17.7 Å². The molecule has 100 valence electrons. The first-order valence-corrected chi connectivity index (χ1v) is 5.41. The van der Waals surface area contributed by atoms with Crippen LogP contribution in [0.25, 0.3) is 0 Å². The van der Waals surface area contributed by atoms with Gasteiger partial charge in [-0.3, -0.25) is 19.7 Å². The highest BCUT2D eigenvalue weighted by Gasteiger charge is 2.18. The van der Waals surface area contributed by atoms with Crippen LogP contribution in [-0.4, -0.2) is 22.8 Å². The fraction of sp³-hybridized carbons (Fsp3) is 0.167. The normalized spacial score (nSPS) is 11.4. The Labute approximate surface area is 109 Å². The Morgan fingerprint density at radius 2 is 2.21 bits per heavy atom. The van der Waals surface area contributed by atoms with Gasteiger partial charge in [-0.25, -0.2) is 0 Å². The van der Waals surface area contributed by atoms with Crippen LogP contribution in [0.4, 0.5) is 5.69 Å². The Bertz CT molecular complexity index is 527. The minimum atomic E-state index is -0.885. The largest absolute Gasteiger partial charge is 0.368 e. The van der Waals surface area contributed by atoms with Crippen molar-refractivity contribution in [3.8, 4) is 0 Å². The van der Waals surface area contributed by atoms with Crippen LogP contribution < -0.4 is 11.1 Å². The van der Waals surface area contributed by atoms with Crippen LogP contribution in [0.1, 0.15) is 16.8 Å². The lowest BCUT2D eigenvalue weighted by Gasteiger charge is -2.13. The molecular formula is C12H13N3O4. The third kappa shape index (κ3) is 3.91. The van der Waals surface area contributed by atoms with Crippen molar-refractivity contribution in [1.82, 2.24) is 5.32 Å². The summed E-state index contributed by atoms with van der Waals surface area (Å²) in [5.74, 6) is -1.30. The predicted molar refractivity (Wildman–Crippen MR) is 68.4 cm³/mol. The molecule has 19 heavy (non-hydrogen) atoms. The van der Waals surface area contributed by atoms with Gasteiger partial charge in [0.15, 0.2) is 0 Å². The molecule has 0 aromatic heterocycles. The molecule has 7 heteroatoms. The van der Waals surface area contributed by atoms with Crippen LogP contribution >= 0.6 is 0 Å². The number of non-ortho nitro benzene ring substituents is 1. The lowest BCUT2D eigenvalue weighted by Crippen LogP contribution is -2.44. The molecule has 1 aromatic rings. The van der Waals surface area contributed by atoms with Crippen molar-refractivity contribution < 1.29 is 14.5 Å². The van der Waals surface area contributed by atoms with Crippen LogP contribution in [-0.2, 0) is 4.79 Å². The maximum Gasteiger partial charge on any atom is 0.270 e. The Morgan fingerprint density at radius 3 is 2.74 bits per heavy atom. The second kappa shape index (κ2) is 6.29. The summed E-state index contributed by atoms with van der Waals surface area (Å²) < 4.78 is 0. The highest BCUT2D eigenvalue weighted by Crippen LogP contribution is 2.13. The number of rotatable bonds is 6. The van der Waals surface area contributed by atoms with E-state index in [-0.39, 0.29) is 17.7 Å². The summed E-state index contributed by atoms with van der Waals surface area (Å²) in [6.07, 6.45) is 1.64. The van der Waals surface area contributed by atoms with Crippen molar-refractivity contribution in [3.05, 3.63) is 52.6 Å². The van der Waals surface area contributed by atoms with Crippen LogP contribution in [0.15, 0.2) is 36.9 Å². The Kier molecular flexibility index (Phi) is 4.76. The molecular weight excluding hydrogens is 250 g/mol. The lowest BCUT2D eigenvalue weighted by atomic mass is 10.1. The zero-order valence-electron chi connectivity index (χ0n) is 10.0. The van der Waals surface area contributed by atoms with E-state index in [0.717, 1.165) is 6.07 Å². The topological polar surface area (TPSA) is 115 Å². The molecule has 1 aromatic carbocycles. The smallest absolute Gasteiger partial charge is 0.270 e. The second-order valence-corrected chi connectivity index (χ2v) is 3.76. The summed E-state index contributed by atoms with van der Waals surface area (Å²) in [5.41, 5.74) is 5.00. The highest BCUT2D eigenvalue weighted by molar-refractivity contribution is 5.97. The molecule has 0 radical (unpaired) electrons. The SMILES string of the molecule is C=CC[C@H](NC(=O)c1cccc([N+](=O)[O-])c1)C(N)=O. The molecule has 0 heterocycles. The van der Waals surface area contributed by atoms with E-state index < -0.39 is 22.8 Å². The average Bonchev–Trinajstić information content (AvgIpc) is 2.38. The number of nitro benzene ring substituents is 1. The summed E-state index contributed by atoms with van der Waals surface area (Å²) in [4.78, 5) is 32.9. The van der Waals surface area contributed by atoms with E-state index in [2.05, 4.69) is 11.9 Å². The zero-order chi connectivity index (χ0) is 14.4. The summed E-state index contributed by atoms with van der Waals surface area (Å²) in [7, 11) is 0. The van der Waals surface area contributed by atoms with Crippen molar-refractivity contribution in [2.24, 2.45) is 5.73 Å². The van der Waals surface area contributed by atoms with Gasteiger partial charge < -0.3 is 11.1 Å². The van der Waals surface area contributed by atoms with Gasteiger partial charge in [-0.05, 0) is 12.5 Å². The number of nitro groups is 1. The highest BCUT2D eigenvalue weighted by atomic mass is 16.6. The molecule has 1 atom stereocenters. The molecule has 0 aliphatic heterocycles. The van der Waals surface area contributed by atoms with Gasteiger partial charge in [0.05, 0.1) is 4.92 Å². The third-order valence-electron chi connectivity index (χ3n) is 2.37. The van der Waals surface area contributed by atoms with E-state index in [1.807, 2.05) is 0 Å². The molecule has 0 bridgehead atoms. The summed E-state index contributed by atoms with van der Waals surface area (Å²) in [5, 5.41) is 13.0. The zero-order valence-corrected chi connectivity index (χ0v) is 10.0.